The van der Waals surface area contributed by atoms with Gasteiger partial charge in [-0.2, -0.15) is 0 Å². The number of carbonyl (C=O) groups is 1. The van der Waals surface area contributed by atoms with Gasteiger partial charge in [-0.15, -0.1) is 10.2 Å². The number of rotatable bonds is 9. The number of nitrogens with one attached hydrogen (secondary N) is 1. The number of thioether (sulfide) groups is 1. The van der Waals surface area contributed by atoms with Gasteiger partial charge < -0.3 is 19.4 Å². The zero-order valence-corrected chi connectivity index (χ0v) is 18.5. The van der Waals surface area contributed by atoms with Gasteiger partial charge in [0.15, 0.2) is 11.0 Å². The topological polar surface area (TPSA) is 78.3 Å². The summed E-state index contributed by atoms with van der Waals surface area (Å²) in [5.74, 6) is 2.42. The normalized spacial score (nSPS) is 10.7. The standard InChI is InChI=1S/C22H26N4O3S/c1-5-26-20(13-29-19-11-15(2)10-16(3)12-19)24-25-22(26)30-14-21(27)23-17-6-8-18(28-4)9-7-17/h6-12H,5,13-14H2,1-4H3,(H,23,27). The monoisotopic (exact) mass is 426 g/mol. The second-order valence-corrected chi connectivity index (χ2v) is 7.76. The van der Waals surface area contributed by atoms with Crippen molar-refractivity contribution < 1.29 is 14.3 Å². The molecule has 0 radical (unpaired) electrons. The maximum absolute atomic E-state index is 12.3. The van der Waals surface area contributed by atoms with Crippen LogP contribution >= 0.6 is 11.8 Å². The SMILES string of the molecule is CCn1c(COc2cc(C)cc(C)c2)nnc1SCC(=O)Nc1ccc(OC)cc1. The molecule has 0 aliphatic rings. The van der Waals surface area contributed by atoms with E-state index >= 15 is 0 Å². The van der Waals surface area contributed by atoms with Crippen LogP contribution in [0.15, 0.2) is 47.6 Å². The lowest BCUT2D eigenvalue weighted by molar-refractivity contribution is -0.113. The van der Waals surface area contributed by atoms with Gasteiger partial charge in [-0.25, -0.2) is 0 Å². The summed E-state index contributed by atoms with van der Waals surface area (Å²) in [4.78, 5) is 12.3. The van der Waals surface area contributed by atoms with Gasteiger partial charge in [0.05, 0.1) is 12.9 Å². The van der Waals surface area contributed by atoms with Crippen LogP contribution in [0.2, 0.25) is 0 Å². The molecule has 3 rings (SSSR count). The van der Waals surface area contributed by atoms with Crippen LogP contribution in [0, 0.1) is 13.8 Å². The van der Waals surface area contributed by atoms with Gasteiger partial charge in [-0.3, -0.25) is 4.79 Å². The molecular weight excluding hydrogens is 400 g/mol. The fourth-order valence-corrected chi connectivity index (χ4v) is 3.84. The van der Waals surface area contributed by atoms with Crippen LogP contribution in [0.1, 0.15) is 23.9 Å². The van der Waals surface area contributed by atoms with Crippen molar-refractivity contribution in [3.05, 3.63) is 59.4 Å². The van der Waals surface area contributed by atoms with Gasteiger partial charge >= 0.3 is 0 Å². The first-order valence-corrected chi connectivity index (χ1v) is 10.7. The summed E-state index contributed by atoms with van der Waals surface area (Å²) >= 11 is 1.35. The maximum Gasteiger partial charge on any atom is 0.234 e. The van der Waals surface area contributed by atoms with Crippen molar-refractivity contribution in [3.8, 4) is 11.5 Å². The van der Waals surface area contributed by atoms with Gasteiger partial charge in [-0.05, 0) is 68.3 Å². The van der Waals surface area contributed by atoms with E-state index in [-0.39, 0.29) is 11.7 Å². The molecule has 0 unspecified atom stereocenters. The lowest BCUT2D eigenvalue weighted by atomic mass is 10.1. The molecular formula is C22H26N4O3S. The van der Waals surface area contributed by atoms with Gasteiger partial charge in [0.1, 0.15) is 18.1 Å². The van der Waals surface area contributed by atoms with Crippen molar-refractivity contribution in [3.63, 3.8) is 0 Å². The Hall–Kier alpha value is -3.00. The highest BCUT2D eigenvalue weighted by molar-refractivity contribution is 7.99. The molecule has 3 aromatic rings. The summed E-state index contributed by atoms with van der Waals surface area (Å²) in [6.07, 6.45) is 0. The van der Waals surface area contributed by atoms with Crippen molar-refractivity contribution in [1.82, 2.24) is 14.8 Å². The molecule has 30 heavy (non-hydrogen) atoms. The van der Waals surface area contributed by atoms with E-state index in [1.54, 1.807) is 31.4 Å². The predicted molar refractivity (Wildman–Crippen MR) is 118 cm³/mol. The van der Waals surface area contributed by atoms with Gasteiger partial charge in [0.25, 0.3) is 0 Å². The van der Waals surface area contributed by atoms with Crippen molar-refractivity contribution >= 4 is 23.4 Å². The summed E-state index contributed by atoms with van der Waals surface area (Å²) in [6, 6.07) is 13.3. The lowest BCUT2D eigenvalue weighted by Crippen LogP contribution is -2.15. The molecule has 1 amide bonds. The van der Waals surface area contributed by atoms with Crippen molar-refractivity contribution in [2.75, 3.05) is 18.2 Å². The van der Waals surface area contributed by atoms with Crippen LogP contribution in [0.3, 0.4) is 0 Å². The Morgan fingerprint density at radius 3 is 2.40 bits per heavy atom. The van der Waals surface area contributed by atoms with E-state index in [9.17, 15) is 4.79 Å². The maximum atomic E-state index is 12.3. The minimum absolute atomic E-state index is 0.108. The fraction of sp³-hybridized carbons (Fsp3) is 0.318. The average Bonchev–Trinajstić information content (AvgIpc) is 3.12. The zero-order valence-electron chi connectivity index (χ0n) is 17.6. The largest absolute Gasteiger partial charge is 0.497 e. The van der Waals surface area contributed by atoms with E-state index in [0.29, 0.717) is 18.3 Å². The molecule has 0 saturated carbocycles. The molecule has 0 fully saturated rings. The number of carbonyl (C=O) groups excluding carboxylic acids is 1. The number of hydrogen-bond donors (Lipinski definition) is 1. The molecule has 0 bridgehead atoms. The quantitative estimate of drug-likeness (QED) is 0.516. The van der Waals surface area contributed by atoms with E-state index in [0.717, 1.165) is 34.1 Å². The highest BCUT2D eigenvalue weighted by Crippen LogP contribution is 2.21. The minimum Gasteiger partial charge on any atom is -0.497 e. The summed E-state index contributed by atoms with van der Waals surface area (Å²) in [5.41, 5.74) is 3.03. The molecule has 0 aliphatic carbocycles. The lowest BCUT2D eigenvalue weighted by Gasteiger charge is -2.10. The predicted octanol–water partition coefficient (Wildman–Crippen LogP) is 4.23. The van der Waals surface area contributed by atoms with Gasteiger partial charge in [0.2, 0.25) is 5.91 Å². The molecule has 158 valence electrons. The van der Waals surface area contributed by atoms with E-state index in [1.165, 1.54) is 11.8 Å². The molecule has 1 aromatic heterocycles. The number of anilines is 1. The molecule has 0 atom stereocenters. The highest BCUT2D eigenvalue weighted by atomic mass is 32.2. The first-order chi connectivity index (χ1) is 14.5. The molecule has 0 aliphatic heterocycles. The van der Waals surface area contributed by atoms with Crippen LogP contribution in [0.5, 0.6) is 11.5 Å². The summed E-state index contributed by atoms with van der Waals surface area (Å²) in [7, 11) is 1.61. The van der Waals surface area contributed by atoms with E-state index in [4.69, 9.17) is 9.47 Å². The molecule has 7 nitrogen and oxygen atoms in total. The molecule has 0 spiro atoms. The van der Waals surface area contributed by atoms with Crippen LogP contribution < -0.4 is 14.8 Å². The summed E-state index contributed by atoms with van der Waals surface area (Å²) < 4.78 is 13.0. The van der Waals surface area contributed by atoms with E-state index in [1.807, 2.05) is 37.5 Å². The third-order valence-corrected chi connectivity index (χ3v) is 5.35. The van der Waals surface area contributed by atoms with Crippen molar-refractivity contribution in [1.29, 1.82) is 0 Å². The van der Waals surface area contributed by atoms with Crippen LogP contribution in [-0.4, -0.2) is 33.5 Å². The van der Waals surface area contributed by atoms with E-state index in [2.05, 4.69) is 21.6 Å². The Morgan fingerprint density at radius 2 is 1.77 bits per heavy atom. The molecule has 0 saturated heterocycles. The number of nitrogens with zero attached hydrogens (tertiary/aromatic N) is 3. The molecule has 8 heteroatoms. The fourth-order valence-electron chi connectivity index (χ4n) is 3.02. The Labute approximate surface area is 180 Å². The number of hydrogen-bond acceptors (Lipinski definition) is 6. The first-order valence-electron chi connectivity index (χ1n) is 9.68. The smallest absolute Gasteiger partial charge is 0.234 e. The molecule has 1 heterocycles. The zero-order chi connectivity index (χ0) is 21.5. The Balaban J connectivity index is 1.57. The number of ether oxygens (including phenoxy) is 2. The van der Waals surface area contributed by atoms with Gasteiger partial charge in [-0.1, -0.05) is 17.8 Å². The van der Waals surface area contributed by atoms with Gasteiger partial charge in [0, 0.05) is 12.2 Å². The summed E-state index contributed by atoms with van der Waals surface area (Å²) in [6.45, 7) is 7.12. The highest BCUT2D eigenvalue weighted by Gasteiger charge is 2.14. The minimum atomic E-state index is -0.108. The number of aryl methyl sites for hydroxylation is 2. The number of amides is 1. The summed E-state index contributed by atoms with van der Waals surface area (Å²) in [5, 5.41) is 12.0. The van der Waals surface area contributed by atoms with Crippen LogP contribution in [0.25, 0.3) is 0 Å². The number of methoxy groups -OCH3 is 1. The average molecular weight is 427 g/mol. The van der Waals surface area contributed by atoms with Crippen LogP contribution in [-0.2, 0) is 17.9 Å². The first kappa shape index (κ1) is 21.7. The Morgan fingerprint density at radius 1 is 1.07 bits per heavy atom. The third kappa shape index (κ3) is 5.76. The second kappa shape index (κ2) is 10.2. The van der Waals surface area contributed by atoms with Crippen molar-refractivity contribution in [2.45, 2.75) is 39.1 Å². The Bertz CT molecular complexity index is 982. The van der Waals surface area contributed by atoms with Crippen LogP contribution in [0.4, 0.5) is 5.69 Å². The number of benzene rings is 2. The van der Waals surface area contributed by atoms with Crippen molar-refractivity contribution in [2.24, 2.45) is 0 Å². The molecule has 2 aromatic carbocycles. The third-order valence-electron chi connectivity index (χ3n) is 4.38. The van der Waals surface area contributed by atoms with E-state index < -0.39 is 0 Å². The molecule has 1 N–H and O–H groups in total. The second-order valence-electron chi connectivity index (χ2n) is 6.82. The Kier molecular flexibility index (Phi) is 7.35. The number of aromatic nitrogens is 3.